The van der Waals surface area contributed by atoms with Gasteiger partial charge in [0.25, 0.3) is 0 Å². The molecule has 0 radical (unpaired) electrons. The zero-order chi connectivity index (χ0) is 9.78. The van der Waals surface area contributed by atoms with Gasteiger partial charge in [-0.2, -0.15) is 0 Å². The third kappa shape index (κ3) is 3.86. The number of hydrogen-bond acceptors (Lipinski definition) is 2. The predicted octanol–water partition coefficient (Wildman–Crippen LogP) is 1.98. The van der Waals surface area contributed by atoms with Crippen molar-refractivity contribution in [2.45, 2.75) is 40.5 Å². The van der Waals surface area contributed by atoms with Crippen molar-refractivity contribution in [2.75, 3.05) is 6.54 Å². The van der Waals surface area contributed by atoms with E-state index >= 15 is 0 Å². The van der Waals surface area contributed by atoms with E-state index in [0.29, 0.717) is 24.7 Å². The Labute approximate surface area is 75.5 Å². The molecule has 0 aromatic rings. The van der Waals surface area contributed by atoms with Gasteiger partial charge in [0.15, 0.2) is 0 Å². The summed E-state index contributed by atoms with van der Waals surface area (Å²) in [7, 11) is 0. The van der Waals surface area contributed by atoms with Gasteiger partial charge in [0.2, 0.25) is 0 Å². The summed E-state index contributed by atoms with van der Waals surface area (Å²) in [6.07, 6.45) is 1.63. The number of ketones is 1. The highest BCUT2D eigenvalue weighted by molar-refractivity contribution is 5.83. The smallest absolute Gasteiger partial charge is 0.138 e. The lowest BCUT2D eigenvalue weighted by Gasteiger charge is -2.20. The van der Waals surface area contributed by atoms with Crippen molar-refractivity contribution in [1.82, 2.24) is 0 Å². The van der Waals surface area contributed by atoms with Gasteiger partial charge in [-0.3, -0.25) is 4.79 Å². The molecule has 2 heteroatoms. The molecule has 1 atom stereocenters. The molecule has 0 aliphatic heterocycles. The van der Waals surface area contributed by atoms with Gasteiger partial charge in [-0.05, 0) is 12.5 Å². The van der Waals surface area contributed by atoms with E-state index in [4.69, 9.17) is 5.73 Å². The van der Waals surface area contributed by atoms with E-state index in [1.54, 1.807) is 0 Å². The van der Waals surface area contributed by atoms with Gasteiger partial charge in [-0.15, -0.1) is 0 Å². The van der Waals surface area contributed by atoms with Crippen LogP contribution in [-0.2, 0) is 4.79 Å². The maximum Gasteiger partial charge on any atom is 0.138 e. The van der Waals surface area contributed by atoms with Crippen LogP contribution in [0.1, 0.15) is 40.5 Å². The molecule has 0 aliphatic carbocycles. The fraction of sp³-hybridized carbons (Fsp3) is 0.900. The molecule has 0 aliphatic rings. The molecule has 0 aromatic heterocycles. The molecule has 0 bridgehead atoms. The van der Waals surface area contributed by atoms with E-state index < -0.39 is 0 Å². The lowest BCUT2D eigenvalue weighted by molar-refractivity contribution is -0.127. The summed E-state index contributed by atoms with van der Waals surface area (Å²) in [5.41, 5.74) is 5.32. The third-order valence-electron chi connectivity index (χ3n) is 2.22. The summed E-state index contributed by atoms with van der Waals surface area (Å²) in [6, 6.07) is 0. The van der Waals surface area contributed by atoms with Crippen LogP contribution < -0.4 is 5.73 Å². The molecule has 12 heavy (non-hydrogen) atoms. The van der Waals surface area contributed by atoms with Gasteiger partial charge in [-0.1, -0.05) is 34.1 Å². The number of rotatable bonds is 4. The van der Waals surface area contributed by atoms with E-state index in [1.165, 1.54) is 0 Å². The van der Waals surface area contributed by atoms with Crippen LogP contribution in [0.25, 0.3) is 0 Å². The van der Waals surface area contributed by atoms with Crippen molar-refractivity contribution in [3.63, 3.8) is 0 Å². The molecule has 0 spiro atoms. The largest absolute Gasteiger partial charge is 0.330 e. The van der Waals surface area contributed by atoms with Gasteiger partial charge in [0.1, 0.15) is 5.78 Å². The van der Waals surface area contributed by atoms with Crippen molar-refractivity contribution in [2.24, 2.45) is 17.1 Å². The highest BCUT2D eigenvalue weighted by Crippen LogP contribution is 2.20. The molecular formula is C10H21NO. The lowest BCUT2D eigenvalue weighted by Crippen LogP contribution is -2.25. The van der Waals surface area contributed by atoms with Gasteiger partial charge >= 0.3 is 0 Å². The molecule has 2 nitrogen and oxygen atoms in total. The summed E-state index contributed by atoms with van der Waals surface area (Å²) in [5, 5.41) is 0. The Morgan fingerprint density at radius 2 is 1.92 bits per heavy atom. The Balaban J connectivity index is 3.99. The SMILES string of the molecule is CCC(CN)CC(=O)C(C)(C)C. The van der Waals surface area contributed by atoms with Gasteiger partial charge < -0.3 is 5.73 Å². The van der Waals surface area contributed by atoms with E-state index in [0.717, 1.165) is 6.42 Å². The summed E-state index contributed by atoms with van der Waals surface area (Å²) in [4.78, 5) is 11.5. The Kier molecular flexibility index (Phi) is 4.46. The summed E-state index contributed by atoms with van der Waals surface area (Å²) < 4.78 is 0. The molecule has 72 valence electrons. The number of nitrogens with two attached hydrogens (primary N) is 1. The molecule has 0 heterocycles. The zero-order valence-electron chi connectivity index (χ0n) is 8.68. The maximum atomic E-state index is 11.5. The van der Waals surface area contributed by atoms with Crippen LogP contribution in [0.2, 0.25) is 0 Å². The minimum absolute atomic E-state index is 0.206. The minimum Gasteiger partial charge on any atom is -0.330 e. The van der Waals surface area contributed by atoms with Crippen molar-refractivity contribution < 1.29 is 4.79 Å². The Hall–Kier alpha value is -0.370. The van der Waals surface area contributed by atoms with E-state index in [9.17, 15) is 4.79 Å². The lowest BCUT2D eigenvalue weighted by atomic mass is 9.84. The third-order valence-corrected chi connectivity index (χ3v) is 2.22. The van der Waals surface area contributed by atoms with Crippen LogP contribution >= 0.6 is 0 Å². The number of Topliss-reactive ketones (excluding diaryl/α,β-unsaturated/α-hetero) is 1. The molecule has 1 unspecified atom stereocenters. The molecule has 0 aromatic carbocycles. The minimum atomic E-state index is -0.206. The standard InChI is InChI=1S/C10H21NO/c1-5-8(7-11)6-9(12)10(2,3)4/h8H,5-7,11H2,1-4H3. The fourth-order valence-electron chi connectivity index (χ4n) is 0.963. The van der Waals surface area contributed by atoms with Crippen LogP contribution in [0.4, 0.5) is 0 Å². The first kappa shape index (κ1) is 11.6. The fourth-order valence-corrected chi connectivity index (χ4v) is 0.963. The van der Waals surface area contributed by atoms with Gasteiger partial charge in [0, 0.05) is 11.8 Å². The summed E-state index contributed by atoms with van der Waals surface area (Å²) in [5.74, 6) is 0.691. The quantitative estimate of drug-likeness (QED) is 0.702. The monoisotopic (exact) mass is 171 g/mol. The average molecular weight is 171 g/mol. The second-order valence-electron chi connectivity index (χ2n) is 4.39. The molecule has 0 saturated heterocycles. The second-order valence-corrected chi connectivity index (χ2v) is 4.39. The van der Waals surface area contributed by atoms with Crippen molar-refractivity contribution >= 4 is 5.78 Å². The first-order valence-corrected chi connectivity index (χ1v) is 4.65. The first-order chi connectivity index (χ1) is 5.41. The van der Waals surface area contributed by atoms with Gasteiger partial charge in [-0.25, -0.2) is 0 Å². The van der Waals surface area contributed by atoms with E-state index in [-0.39, 0.29) is 5.41 Å². The molecule has 0 amide bonds. The predicted molar refractivity (Wildman–Crippen MR) is 51.9 cm³/mol. The van der Waals surface area contributed by atoms with Crippen LogP contribution in [0, 0.1) is 11.3 Å². The van der Waals surface area contributed by atoms with Crippen LogP contribution in [0.15, 0.2) is 0 Å². The van der Waals surface area contributed by atoms with Gasteiger partial charge in [0.05, 0.1) is 0 Å². The number of carbonyl (C=O) groups is 1. The van der Waals surface area contributed by atoms with Crippen molar-refractivity contribution in [1.29, 1.82) is 0 Å². The van der Waals surface area contributed by atoms with Crippen LogP contribution in [0.3, 0.4) is 0 Å². The molecular weight excluding hydrogens is 150 g/mol. The van der Waals surface area contributed by atoms with Crippen LogP contribution in [-0.4, -0.2) is 12.3 Å². The van der Waals surface area contributed by atoms with E-state index in [2.05, 4.69) is 6.92 Å². The summed E-state index contributed by atoms with van der Waals surface area (Å²) in [6.45, 7) is 8.57. The number of carbonyl (C=O) groups excluding carboxylic acids is 1. The molecule has 2 N–H and O–H groups in total. The molecule has 0 rings (SSSR count). The zero-order valence-corrected chi connectivity index (χ0v) is 8.68. The van der Waals surface area contributed by atoms with Crippen LogP contribution in [0.5, 0.6) is 0 Å². The molecule has 0 saturated carbocycles. The molecule has 0 fully saturated rings. The average Bonchev–Trinajstić information content (AvgIpc) is 1.97. The topological polar surface area (TPSA) is 43.1 Å². The van der Waals surface area contributed by atoms with Crippen molar-refractivity contribution in [3.05, 3.63) is 0 Å². The Morgan fingerprint density at radius 3 is 2.17 bits per heavy atom. The van der Waals surface area contributed by atoms with E-state index in [1.807, 2.05) is 20.8 Å². The highest BCUT2D eigenvalue weighted by atomic mass is 16.1. The number of hydrogen-bond donors (Lipinski definition) is 1. The first-order valence-electron chi connectivity index (χ1n) is 4.65. The second kappa shape index (κ2) is 4.61. The normalized spacial score (nSPS) is 14.4. The Morgan fingerprint density at radius 1 is 1.42 bits per heavy atom. The highest BCUT2D eigenvalue weighted by Gasteiger charge is 2.23. The summed E-state index contributed by atoms with van der Waals surface area (Å²) >= 11 is 0. The van der Waals surface area contributed by atoms with Crippen molar-refractivity contribution in [3.8, 4) is 0 Å². The Bertz CT molecular complexity index is 142. The maximum absolute atomic E-state index is 11.5.